The van der Waals surface area contributed by atoms with Crippen LogP contribution in [0, 0.1) is 18.3 Å². The van der Waals surface area contributed by atoms with Gasteiger partial charge in [-0.2, -0.15) is 5.26 Å². The number of benzene rings is 3. The maximum absolute atomic E-state index is 13.1. The summed E-state index contributed by atoms with van der Waals surface area (Å²) in [4.78, 5) is 25.5. The number of carbonyl (C=O) groups is 2. The monoisotopic (exact) mass is 479 g/mol. The van der Waals surface area contributed by atoms with Crippen LogP contribution in [0.25, 0.3) is 11.3 Å². The van der Waals surface area contributed by atoms with Crippen molar-refractivity contribution in [2.45, 2.75) is 13.5 Å². The quantitative estimate of drug-likeness (QED) is 0.354. The molecule has 0 aliphatic heterocycles. The third-order valence-corrected chi connectivity index (χ3v) is 5.97. The van der Waals surface area contributed by atoms with E-state index < -0.39 is 5.97 Å². The summed E-state index contributed by atoms with van der Waals surface area (Å²) in [6.07, 6.45) is 0. The zero-order valence-corrected chi connectivity index (χ0v) is 20.2. The molecule has 0 aliphatic rings. The van der Waals surface area contributed by atoms with E-state index in [1.165, 1.54) is 7.11 Å². The summed E-state index contributed by atoms with van der Waals surface area (Å²) in [6.45, 7) is 2.28. The van der Waals surface area contributed by atoms with Crippen molar-refractivity contribution in [2.75, 3.05) is 12.4 Å². The largest absolute Gasteiger partial charge is 0.489 e. The Kier molecular flexibility index (Phi) is 7.17. The topological polar surface area (TPSA) is 93.3 Å². The summed E-state index contributed by atoms with van der Waals surface area (Å²) in [5.74, 6) is -0.111. The van der Waals surface area contributed by atoms with Crippen molar-refractivity contribution in [3.05, 3.63) is 107 Å². The highest BCUT2D eigenvalue weighted by Crippen LogP contribution is 2.30. The fourth-order valence-corrected chi connectivity index (χ4v) is 3.88. The van der Waals surface area contributed by atoms with E-state index in [1.807, 2.05) is 41.8 Å². The molecule has 4 rings (SSSR count). The van der Waals surface area contributed by atoms with Gasteiger partial charge in [0.25, 0.3) is 5.91 Å². The Morgan fingerprint density at radius 3 is 2.36 bits per heavy atom. The number of nitrogens with zero attached hydrogens (tertiary/aromatic N) is 2. The molecule has 1 aromatic heterocycles. The molecule has 0 saturated carbocycles. The fourth-order valence-electron chi connectivity index (χ4n) is 3.88. The van der Waals surface area contributed by atoms with Crippen molar-refractivity contribution in [2.24, 2.45) is 7.05 Å². The number of rotatable bonds is 7. The van der Waals surface area contributed by atoms with Crippen LogP contribution in [0.3, 0.4) is 0 Å². The maximum atomic E-state index is 13.1. The summed E-state index contributed by atoms with van der Waals surface area (Å²) in [5, 5.41) is 12.3. The van der Waals surface area contributed by atoms with Crippen molar-refractivity contribution in [1.29, 1.82) is 5.26 Å². The van der Waals surface area contributed by atoms with E-state index in [9.17, 15) is 14.9 Å². The van der Waals surface area contributed by atoms with Gasteiger partial charge >= 0.3 is 5.97 Å². The van der Waals surface area contributed by atoms with Gasteiger partial charge in [0.1, 0.15) is 12.4 Å². The molecule has 1 heterocycles. The van der Waals surface area contributed by atoms with E-state index in [-0.39, 0.29) is 5.91 Å². The SMILES string of the molecule is COC(=O)c1ccc(C#N)cc1-c1cc(C(=O)Nc2ccc(OCc3ccccc3)cc2)c(C)n1C. The van der Waals surface area contributed by atoms with Crippen molar-refractivity contribution in [3.8, 4) is 23.1 Å². The van der Waals surface area contributed by atoms with E-state index in [0.717, 1.165) is 5.56 Å². The molecule has 0 spiro atoms. The molecule has 7 nitrogen and oxygen atoms in total. The third kappa shape index (κ3) is 5.13. The lowest BCUT2D eigenvalue weighted by atomic mass is 10.0. The molecule has 0 atom stereocenters. The van der Waals surface area contributed by atoms with E-state index in [4.69, 9.17) is 9.47 Å². The van der Waals surface area contributed by atoms with Gasteiger partial charge in [-0.05, 0) is 61.0 Å². The summed E-state index contributed by atoms with van der Waals surface area (Å²) in [7, 11) is 3.11. The molecule has 0 radical (unpaired) electrons. The van der Waals surface area contributed by atoms with Crippen molar-refractivity contribution in [3.63, 3.8) is 0 Å². The minimum Gasteiger partial charge on any atom is -0.489 e. The van der Waals surface area contributed by atoms with Crippen LogP contribution in [0.4, 0.5) is 5.69 Å². The Morgan fingerprint density at radius 2 is 1.69 bits per heavy atom. The van der Waals surface area contributed by atoms with Gasteiger partial charge in [-0.1, -0.05) is 30.3 Å². The number of anilines is 1. The maximum Gasteiger partial charge on any atom is 0.338 e. The molecule has 3 aromatic carbocycles. The number of nitriles is 1. The van der Waals surface area contributed by atoms with Crippen LogP contribution in [0.1, 0.15) is 37.5 Å². The highest BCUT2D eigenvalue weighted by Gasteiger charge is 2.21. The van der Waals surface area contributed by atoms with E-state index >= 15 is 0 Å². The highest BCUT2D eigenvalue weighted by atomic mass is 16.5. The number of esters is 1. The number of aromatic nitrogens is 1. The van der Waals surface area contributed by atoms with Crippen molar-refractivity contribution in [1.82, 2.24) is 4.57 Å². The van der Waals surface area contributed by atoms with Crippen LogP contribution < -0.4 is 10.1 Å². The predicted molar refractivity (Wildman–Crippen MR) is 137 cm³/mol. The Morgan fingerprint density at radius 1 is 0.972 bits per heavy atom. The van der Waals surface area contributed by atoms with Gasteiger partial charge in [0.05, 0.1) is 29.9 Å². The normalized spacial score (nSPS) is 10.4. The third-order valence-electron chi connectivity index (χ3n) is 5.97. The summed E-state index contributed by atoms with van der Waals surface area (Å²) >= 11 is 0. The second-order valence-electron chi connectivity index (χ2n) is 8.20. The van der Waals surface area contributed by atoms with E-state index in [2.05, 4.69) is 11.4 Å². The Balaban J connectivity index is 1.54. The van der Waals surface area contributed by atoms with Crippen molar-refractivity contribution >= 4 is 17.6 Å². The van der Waals surface area contributed by atoms with Crippen LogP contribution in [0.5, 0.6) is 5.75 Å². The molecule has 180 valence electrons. The number of amides is 1. The lowest BCUT2D eigenvalue weighted by Gasteiger charge is -2.10. The van der Waals surface area contributed by atoms with Crippen LogP contribution in [-0.2, 0) is 18.4 Å². The van der Waals surface area contributed by atoms with Gasteiger partial charge in [0.2, 0.25) is 0 Å². The Labute approximate surface area is 209 Å². The number of hydrogen-bond acceptors (Lipinski definition) is 5. The minimum absolute atomic E-state index is 0.289. The van der Waals surface area contributed by atoms with E-state index in [0.29, 0.717) is 51.7 Å². The first-order chi connectivity index (χ1) is 17.4. The van der Waals surface area contributed by atoms with Gasteiger partial charge in [0.15, 0.2) is 0 Å². The zero-order valence-electron chi connectivity index (χ0n) is 20.2. The highest BCUT2D eigenvalue weighted by molar-refractivity contribution is 6.06. The lowest BCUT2D eigenvalue weighted by molar-refractivity contribution is 0.0601. The number of carbonyl (C=O) groups excluding carboxylic acids is 2. The summed E-state index contributed by atoms with van der Waals surface area (Å²) < 4.78 is 12.5. The fraction of sp³-hybridized carbons (Fsp3) is 0.138. The molecule has 1 N–H and O–H groups in total. The predicted octanol–water partition coefficient (Wildman–Crippen LogP) is 5.49. The first kappa shape index (κ1) is 24.3. The average Bonchev–Trinajstić information content (AvgIpc) is 3.22. The first-order valence-corrected chi connectivity index (χ1v) is 11.3. The smallest absolute Gasteiger partial charge is 0.338 e. The average molecular weight is 480 g/mol. The summed E-state index contributed by atoms with van der Waals surface area (Å²) in [5.41, 5.74) is 4.72. The van der Waals surface area contributed by atoms with Crippen LogP contribution in [0.15, 0.2) is 78.9 Å². The first-order valence-electron chi connectivity index (χ1n) is 11.3. The molecule has 7 heteroatoms. The molecule has 0 saturated heterocycles. The second kappa shape index (κ2) is 10.6. The minimum atomic E-state index is -0.520. The molecular weight excluding hydrogens is 454 g/mol. The Hall–Kier alpha value is -4.83. The van der Waals surface area contributed by atoms with E-state index in [1.54, 1.807) is 55.6 Å². The standard InChI is InChI=1S/C29H25N3O4/c1-19-25(16-27(32(19)2)26-15-21(17-30)9-14-24(26)29(34)35-3)28(33)31-22-10-12-23(13-11-22)36-18-20-7-5-4-6-8-20/h4-16H,18H2,1-3H3,(H,31,33). The second-order valence-corrected chi connectivity index (χ2v) is 8.20. The molecule has 4 aromatic rings. The molecule has 0 unspecified atom stereocenters. The zero-order chi connectivity index (χ0) is 25.7. The van der Waals surface area contributed by atoms with Crippen LogP contribution in [0.2, 0.25) is 0 Å². The molecular formula is C29H25N3O4. The van der Waals surface area contributed by atoms with Gasteiger partial charge in [0, 0.05) is 29.7 Å². The van der Waals surface area contributed by atoms with Gasteiger partial charge in [-0.25, -0.2) is 4.79 Å². The molecule has 0 fully saturated rings. The molecule has 1 amide bonds. The van der Waals surface area contributed by atoms with Crippen LogP contribution >= 0.6 is 0 Å². The van der Waals surface area contributed by atoms with Gasteiger partial charge in [-0.15, -0.1) is 0 Å². The molecule has 0 aliphatic carbocycles. The van der Waals surface area contributed by atoms with Gasteiger partial charge in [-0.3, -0.25) is 4.79 Å². The number of hydrogen-bond donors (Lipinski definition) is 1. The van der Waals surface area contributed by atoms with Crippen LogP contribution in [-0.4, -0.2) is 23.6 Å². The Bertz CT molecular complexity index is 1450. The number of nitrogens with one attached hydrogen (secondary N) is 1. The lowest BCUT2D eigenvalue weighted by Crippen LogP contribution is -2.12. The molecule has 36 heavy (non-hydrogen) atoms. The van der Waals surface area contributed by atoms with Crippen molar-refractivity contribution < 1.29 is 19.1 Å². The molecule has 0 bridgehead atoms. The summed E-state index contributed by atoms with van der Waals surface area (Å²) in [6, 6.07) is 25.6. The van der Waals surface area contributed by atoms with Gasteiger partial charge < -0.3 is 19.4 Å². The number of methoxy groups -OCH3 is 1. The number of ether oxygens (including phenoxy) is 2.